The normalized spacial score (nSPS) is 21.1. The van der Waals surface area contributed by atoms with Gasteiger partial charge in [-0.2, -0.15) is 4.98 Å². The maximum absolute atomic E-state index is 12.6. The van der Waals surface area contributed by atoms with Crippen LogP contribution >= 0.6 is 11.8 Å². The van der Waals surface area contributed by atoms with Crippen LogP contribution in [0.3, 0.4) is 0 Å². The van der Waals surface area contributed by atoms with Crippen molar-refractivity contribution in [2.75, 3.05) is 5.75 Å². The number of fused-ring (bicyclic) bond motifs is 1. The molecule has 4 rings (SSSR count). The number of benzene rings is 1. The van der Waals surface area contributed by atoms with E-state index in [1.54, 1.807) is 0 Å². The van der Waals surface area contributed by atoms with E-state index in [0.29, 0.717) is 28.5 Å². The van der Waals surface area contributed by atoms with Gasteiger partial charge in [-0.1, -0.05) is 62.7 Å². The molecule has 1 aromatic carbocycles. The standard InChI is InChI=1S/C25H33N5OS/c1-15-10-8-12-22(17(15)3)27-23(31)14-32-25-28-24-26-18(4)21(19(5)30(24)29-25)13-20-11-7-6-9-16(20)2/h6-7,9,11,15,17,22H,8,10,12-14H2,1-5H3,(H,27,31). The smallest absolute Gasteiger partial charge is 0.253 e. The van der Waals surface area contributed by atoms with Crippen LogP contribution in [0.2, 0.25) is 0 Å². The molecule has 1 amide bonds. The summed E-state index contributed by atoms with van der Waals surface area (Å²) in [6, 6.07) is 8.70. The van der Waals surface area contributed by atoms with Crippen LogP contribution in [0.5, 0.6) is 0 Å². The number of rotatable bonds is 6. The third-order valence-corrected chi connectivity index (χ3v) is 7.88. The van der Waals surface area contributed by atoms with Crippen LogP contribution in [0.25, 0.3) is 5.78 Å². The number of nitrogens with one attached hydrogen (secondary N) is 1. The maximum Gasteiger partial charge on any atom is 0.253 e. The number of nitrogens with zero attached hydrogens (tertiary/aromatic N) is 4. The molecule has 0 bridgehead atoms. The zero-order chi connectivity index (χ0) is 22.8. The zero-order valence-corrected chi connectivity index (χ0v) is 20.5. The maximum atomic E-state index is 12.6. The highest BCUT2D eigenvalue weighted by molar-refractivity contribution is 7.99. The van der Waals surface area contributed by atoms with Crippen molar-refractivity contribution in [3.05, 3.63) is 52.3 Å². The average Bonchev–Trinajstić information content (AvgIpc) is 3.17. The van der Waals surface area contributed by atoms with E-state index in [1.165, 1.54) is 41.3 Å². The molecule has 170 valence electrons. The first kappa shape index (κ1) is 22.8. The fraction of sp³-hybridized carbons (Fsp3) is 0.520. The van der Waals surface area contributed by atoms with Crippen LogP contribution in [-0.2, 0) is 11.2 Å². The fourth-order valence-corrected chi connectivity index (χ4v) is 5.30. The molecule has 0 aliphatic heterocycles. The van der Waals surface area contributed by atoms with Crippen LogP contribution in [0.15, 0.2) is 29.4 Å². The van der Waals surface area contributed by atoms with Crippen LogP contribution < -0.4 is 5.32 Å². The number of amides is 1. The molecule has 1 saturated carbocycles. The van der Waals surface area contributed by atoms with Gasteiger partial charge in [0.25, 0.3) is 5.78 Å². The van der Waals surface area contributed by atoms with Gasteiger partial charge in [0.05, 0.1) is 5.75 Å². The highest BCUT2D eigenvalue weighted by Gasteiger charge is 2.28. The predicted octanol–water partition coefficient (Wildman–Crippen LogP) is 4.67. The largest absolute Gasteiger partial charge is 0.352 e. The zero-order valence-electron chi connectivity index (χ0n) is 19.7. The van der Waals surface area contributed by atoms with Gasteiger partial charge < -0.3 is 5.32 Å². The van der Waals surface area contributed by atoms with E-state index in [9.17, 15) is 4.79 Å². The molecule has 2 aromatic heterocycles. The molecule has 3 aromatic rings. The van der Waals surface area contributed by atoms with E-state index >= 15 is 0 Å². The number of carbonyl (C=O) groups excluding carboxylic acids is 1. The van der Waals surface area contributed by atoms with Gasteiger partial charge in [0.2, 0.25) is 11.1 Å². The molecule has 7 heteroatoms. The minimum absolute atomic E-state index is 0.0564. The van der Waals surface area contributed by atoms with E-state index in [4.69, 9.17) is 4.98 Å². The molecule has 0 radical (unpaired) electrons. The van der Waals surface area contributed by atoms with Crippen LogP contribution in [0.4, 0.5) is 0 Å². The average molecular weight is 452 g/mol. The van der Waals surface area contributed by atoms with Crippen LogP contribution in [0.1, 0.15) is 61.2 Å². The molecule has 1 aliphatic rings. The van der Waals surface area contributed by atoms with Gasteiger partial charge in [0.15, 0.2) is 0 Å². The highest BCUT2D eigenvalue weighted by Crippen LogP contribution is 2.29. The second-order valence-electron chi connectivity index (χ2n) is 9.20. The Bertz CT molecular complexity index is 1120. The summed E-state index contributed by atoms with van der Waals surface area (Å²) < 4.78 is 1.81. The van der Waals surface area contributed by atoms with E-state index in [0.717, 1.165) is 24.2 Å². The van der Waals surface area contributed by atoms with Crippen LogP contribution in [0, 0.1) is 32.6 Å². The molecule has 1 N–H and O–H groups in total. The Morgan fingerprint density at radius 1 is 1.16 bits per heavy atom. The Labute approximate surface area is 194 Å². The van der Waals surface area contributed by atoms with E-state index < -0.39 is 0 Å². The summed E-state index contributed by atoms with van der Waals surface area (Å²) in [5.41, 5.74) is 5.75. The first-order chi connectivity index (χ1) is 15.3. The molecule has 0 spiro atoms. The summed E-state index contributed by atoms with van der Waals surface area (Å²) in [6.45, 7) is 10.8. The lowest BCUT2D eigenvalue weighted by Crippen LogP contribution is -2.44. The summed E-state index contributed by atoms with van der Waals surface area (Å²) in [7, 11) is 0. The number of hydrogen-bond acceptors (Lipinski definition) is 5. The molecular weight excluding hydrogens is 418 g/mol. The Hall–Kier alpha value is -2.41. The lowest BCUT2D eigenvalue weighted by molar-refractivity contribution is -0.120. The molecule has 1 aliphatic carbocycles. The van der Waals surface area contributed by atoms with Crippen molar-refractivity contribution in [3.8, 4) is 0 Å². The molecule has 1 fully saturated rings. The predicted molar refractivity (Wildman–Crippen MR) is 129 cm³/mol. The van der Waals surface area contributed by atoms with Gasteiger partial charge in [-0.05, 0) is 55.7 Å². The summed E-state index contributed by atoms with van der Waals surface area (Å²) >= 11 is 1.38. The molecule has 6 nitrogen and oxygen atoms in total. The lowest BCUT2D eigenvalue weighted by Gasteiger charge is -2.34. The first-order valence-corrected chi connectivity index (χ1v) is 12.5. The van der Waals surface area contributed by atoms with Gasteiger partial charge in [0.1, 0.15) is 0 Å². The molecule has 2 heterocycles. The Morgan fingerprint density at radius 3 is 2.72 bits per heavy atom. The Morgan fingerprint density at radius 2 is 1.94 bits per heavy atom. The number of aromatic nitrogens is 4. The third kappa shape index (κ3) is 4.82. The van der Waals surface area contributed by atoms with Gasteiger partial charge in [-0.15, -0.1) is 5.10 Å². The van der Waals surface area contributed by atoms with Crippen molar-refractivity contribution in [1.82, 2.24) is 24.9 Å². The summed E-state index contributed by atoms with van der Waals surface area (Å²) in [4.78, 5) is 21.8. The number of hydrogen-bond donors (Lipinski definition) is 1. The molecule has 3 unspecified atom stereocenters. The minimum atomic E-state index is 0.0564. The van der Waals surface area contributed by atoms with Crippen LogP contribution in [-0.4, -0.2) is 37.3 Å². The third-order valence-electron chi connectivity index (χ3n) is 7.04. The van der Waals surface area contributed by atoms with Crippen molar-refractivity contribution in [3.63, 3.8) is 0 Å². The van der Waals surface area contributed by atoms with Gasteiger partial charge >= 0.3 is 0 Å². The van der Waals surface area contributed by atoms with Crippen molar-refractivity contribution < 1.29 is 4.79 Å². The number of carbonyl (C=O) groups is 1. The summed E-state index contributed by atoms with van der Waals surface area (Å²) in [6.07, 6.45) is 4.33. The van der Waals surface area contributed by atoms with E-state index in [1.807, 2.05) is 11.4 Å². The summed E-state index contributed by atoms with van der Waals surface area (Å²) in [5, 5.41) is 8.47. The second-order valence-corrected chi connectivity index (χ2v) is 10.1. The first-order valence-electron chi connectivity index (χ1n) is 11.5. The van der Waals surface area contributed by atoms with Crippen molar-refractivity contribution >= 4 is 23.4 Å². The SMILES string of the molecule is Cc1ccccc1Cc1c(C)nc2nc(SCC(=O)NC3CCCC(C)C3C)nn2c1C. The second kappa shape index (κ2) is 9.61. The van der Waals surface area contributed by atoms with Gasteiger partial charge in [-0.25, -0.2) is 9.50 Å². The Balaban J connectivity index is 1.46. The molecule has 0 saturated heterocycles. The lowest BCUT2D eigenvalue weighted by atomic mass is 9.78. The van der Waals surface area contributed by atoms with Gasteiger partial charge in [-0.3, -0.25) is 4.79 Å². The topological polar surface area (TPSA) is 72.2 Å². The minimum Gasteiger partial charge on any atom is -0.352 e. The van der Waals surface area contributed by atoms with Crippen molar-refractivity contribution in [2.24, 2.45) is 11.8 Å². The summed E-state index contributed by atoms with van der Waals surface area (Å²) in [5.74, 6) is 2.15. The molecule has 3 atom stereocenters. The van der Waals surface area contributed by atoms with Crippen molar-refractivity contribution in [2.45, 2.75) is 71.5 Å². The fourth-order valence-electron chi connectivity index (χ4n) is 4.67. The monoisotopic (exact) mass is 451 g/mol. The highest BCUT2D eigenvalue weighted by atomic mass is 32.2. The van der Waals surface area contributed by atoms with E-state index in [2.05, 4.69) is 67.4 Å². The quantitative estimate of drug-likeness (QED) is 0.551. The number of aryl methyl sites for hydroxylation is 3. The van der Waals surface area contributed by atoms with Crippen molar-refractivity contribution in [1.29, 1.82) is 0 Å². The van der Waals surface area contributed by atoms with Gasteiger partial charge in [0, 0.05) is 23.9 Å². The Kier molecular flexibility index (Phi) is 6.84. The molecular formula is C25H33N5OS. The number of thioether (sulfide) groups is 1. The molecule has 32 heavy (non-hydrogen) atoms. The van der Waals surface area contributed by atoms with E-state index in [-0.39, 0.29) is 11.9 Å².